The number of nitrogens with zero attached hydrogens (tertiary/aromatic N) is 3. The number of aromatic amines is 1. The second-order valence-electron chi connectivity index (χ2n) is 5.82. The lowest BCUT2D eigenvalue weighted by atomic mass is 10.2. The minimum atomic E-state index is -0.265. The summed E-state index contributed by atoms with van der Waals surface area (Å²) in [6, 6.07) is 12.8. The number of amides is 1. The highest BCUT2D eigenvalue weighted by atomic mass is 32.2. The Hall–Kier alpha value is -2.91. The maximum Gasteiger partial charge on any atom is 0.266 e. The molecule has 2 N–H and O–H groups in total. The topological polar surface area (TPSA) is 92.2 Å². The Morgan fingerprint density at radius 2 is 2.07 bits per heavy atom. The maximum absolute atomic E-state index is 12.3. The second-order valence-corrected chi connectivity index (χ2v) is 7.71. The molecule has 0 saturated carbocycles. The zero-order chi connectivity index (χ0) is 18.8. The van der Waals surface area contributed by atoms with Crippen LogP contribution >= 0.6 is 23.1 Å². The number of aromatic nitrogens is 4. The van der Waals surface area contributed by atoms with E-state index in [0.29, 0.717) is 16.6 Å². The van der Waals surface area contributed by atoms with Crippen LogP contribution in [0.3, 0.4) is 0 Å². The van der Waals surface area contributed by atoms with Crippen molar-refractivity contribution in [3.05, 3.63) is 63.8 Å². The van der Waals surface area contributed by atoms with Gasteiger partial charge in [-0.05, 0) is 30.5 Å². The van der Waals surface area contributed by atoms with Crippen LogP contribution in [0.4, 0.5) is 5.69 Å². The standard InChI is InChI=1S/C18H15N5O2S2/c1-11-4-6-12(7-5-11)19-16(25)10-27-18-21-17(13-3-2-8-26-13)20-14-9-15(24)22-23(14)18/h2-9H,10H2,1H3,(H,19,25)(H,22,24). The lowest BCUT2D eigenvalue weighted by molar-refractivity contribution is -0.113. The van der Waals surface area contributed by atoms with Gasteiger partial charge in [0.15, 0.2) is 16.6 Å². The number of carbonyl (C=O) groups excluding carboxylic acids is 1. The molecule has 0 bridgehead atoms. The second kappa shape index (κ2) is 7.37. The molecule has 27 heavy (non-hydrogen) atoms. The van der Waals surface area contributed by atoms with E-state index < -0.39 is 0 Å². The molecule has 1 amide bonds. The number of hydrogen-bond donors (Lipinski definition) is 2. The lowest BCUT2D eigenvalue weighted by Gasteiger charge is -2.07. The number of carbonyl (C=O) groups is 1. The molecule has 0 aliphatic carbocycles. The quantitative estimate of drug-likeness (QED) is 0.505. The van der Waals surface area contributed by atoms with Crippen molar-refractivity contribution in [2.45, 2.75) is 12.1 Å². The number of aryl methyl sites for hydroxylation is 1. The van der Waals surface area contributed by atoms with Crippen molar-refractivity contribution in [2.75, 3.05) is 11.1 Å². The summed E-state index contributed by atoms with van der Waals surface area (Å²) in [6.45, 7) is 1.99. The molecule has 0 spiro atoms. The molecule has 0 radical (unpaired) electrons. The van der Waals surface area contributed by atoms with Crippen LogP contribution in [-0.2, 0) is 4.79 Å². The van der Waals surface area contributed by atoms with E-state index in [4.69, 9.17) is 0 Å². The Kier molecular flexibility index (Phi) is 4.78. The zero-order valence-electron chi connectivity index (χ0n) is 14.3. The van der Waals surface area contributed by atoms with E-state index in [9.17, 15) is 9.59 Å². The minimum absolute atomic E-state index is 0.150. The first-order valence-corrected chi connectivity index (χ1v) is 9.98. The van der Waals surface area contributed by atoms with Crippen LogP contribution in [-0.4, -0.2) is 31.2 Å². The van der Waals surface area contributed by atoms with Gasteiger partial charge in [-0.15, -0.1) is 11.3 Å². The van der Waals surface area contributed by atoms with E-state index >= 15 is 0 Å². The zero-order valence-corrected chi connectivity index (χ0v) is 15.9. The summed E-state index contributed by atoms with van der Waals surface area (Å²) in [5, 5.41) is 7.96. The van der Waals surface area contributed by atoms with Crippen LogP contribution in [0, 0.1) is 6.92 Å². The van der Waals surface area contributed by atoms with Gasteiger partial charge in [-0.1, -0.05) is 35.5 Å². The third kappa shape index (κ3) is 3.93. The fourth-order valence-corrected chi connectivity index (χ4v) is 3.87. The number of rotatable bonds is 5. The Balaban J connectivity index is 1.56. The molecular formula is C18H15N5O2S2. The molecule has 9 heteroatoms. The molecular weight excluding hydrogens is 382 g/mol. The molecule has 1 aromatic carbocycles. The first-order chi connectivity index (χ1) is 13.1. The highest BCUT2D eigenvalue weighted by Gasteiger charge is 2.13. The number of hydrogen-bond acceptors (Lipinski definition) is 6. The molecule has 3 aromatic heterocycles. The van der Waals surface area contributed by atoms with Crippen molar-refractivity contribution in [1.82, 2.24) is 19.6 Å². The summed E-state index contributed by atoms with van der Waals surface area (Å²) >= 11 is 2.76. The number of anilines is 1. The molecule has 4 aromatic rings. The number of fused-ring (bicyclic) bond motifs is 1. The van der Waals surface area contributed by atoms with Crippen LogP contribution in [0.1, 0.15) is 5.56 Å². The van der Waals surface area contributed by atoms with Crippen molar-refractivity contribution < 1.29 is 4.79 Å². The Bertz CT molecular complexity index is 1150. The van der Waals surface area contributed by atoms with Crippen LogP contribution in [0.25, 0.3) is 16.3 Å². The van der Waals surface area contributed by atoms with E-state index in [2.05, 4.69) is 20.4 Å². The molecule has 3 heterocycles. The lowest BCUT2D eigenvalue weighted by Crippen LogP contribution is -2.15. The third-order valence-electron chi connectivity index (χ3n) is 3.73. The smallest absolute Gasteiger partial charge is 0.266 e. The van der Waals surface area contributed by atoms with Gasteiger partial charge in [0.1, 0.15) is 0 Å². The molecule has 7 nitrogen and oxygen atoms in total. The van der Waals surface area contributed by atoms with Crippen molar-refractivity contribution in [2.24, 2.45) is 0 Å². The molecule has 0 saturated heterocycles. The van der Waals surface area contributed by atoms with Crippen LogP contribution in [0.15, 0.2) is 57.8 Å². The van der Waals surface area contributed by atoms with Crippen molar-refractivity contribution in [3.8, 4) is 10.7 Å². The van der Waals surface area contributed by atoms with E-state index in [1.54, 1.807) is 0 Å². The van der Waals surface area contributed by atoms with Gasteiger partial charge in [-0.25, -0.2) is 14.5 Å². The highest BCUT2D eigenvalue weighted by molar-refractivity contribution is 7.99. The fraction of sp³-hybridized carbons (Fsp3) is 0.111. The van der Waals surface area contributed by atoms with Gasteiger partial charge in [0.25, 0.3) is 5.56 Å². The monoisotopic (exact) mass is 397 g/mol. The first-order valence-electron chi connectivity index (χ1n) is 8.11. The summed E-state index contributed by atoms with van der Waals surface area (Å²) in [5.74, 6) is 0.539. The highest BCUT2D eigenvalue weighted by Crippen LogP contribution is 2.24. The Morgan fingerprint density at radius 3 is 2.81 bits per heavy atom. The van der Waals surface area contributed by atoms with Crippen LogP contribution in [0.2, 0.25) is 0 Å². The molecule has 0 atom stereocenters. The summed E-state index contributed by atoms with van der Waals surface area (Å²) in [7, 11) is 0. The third-order valence-corrected chi connectivity index (χ3v) is 5.54. The van der Waals surface area contributed by atoms with E-state index in [1.807, 2.05) is 48.7 Å². The Labute approximate surface area is 162 Å². The van der Waals surface area contributed by atoms with Crippen LogP contribution < -0.4 is 10.9 Å². The molecule has 136 valence electrons. The first kappa shape index (κ1) is 17.5. The normalized spacial score (nSPS) is 11.0. The summed E-state index contributed by atoms with van der Waals surface area (Å²) in [6.07, 6.45) is 0. The average molecular weight is 397 g/mol. The predicted molar refractivity (Wildman–Crippen MR) is 107 cm³/mol. The number of H-pyrrole nitrogens is 1. The van der Waals surface area contributed by atoms with Gasteiger partial charge in [0.05, 0.1) is 10.6 Å². The molecule has 0 unspecified atom stereocenters. The van der Waals surface area contributed by atoms with E-state index in [1.165, 1.54) is 33.7 Å². The van der Waals surface area contributed by atoms with Crippen LogP contribution in [0.5, 0.6) is 0 Å². The van der Waals surface area contributed by atoms with Gasteiger partial charge in [-0.3, -0.25) is 14.7 Å². The van der Waals surface area contributed by atoms with Crippen molar-refractivity contribution in [1.29, 1.82) is 0 Å². The van der Waals surface area contributed by atoms with Gasteiger partial charge in [-0.2, -0.15) is 0 Å². The number of benzene rings is 1. The number of nitrogens with one attached hydrogen (secondary N) is 2. The fourth-order valence-electron chi connectivity index (χ4n) is 2.46. The summed E-state index contributed by atoms with van der Waals surface area (Å²) < 4.78 is 1.50. The maximum atomic E-state index is 12.3. The van der Waals surface area contributed by atoms with Gasteiger partial charge in [0.2, 0.25) is 5.91 Å². The van der Waals surface area contributed by atoms with E-state index in [0.717, 1.165) is 16.1 Å². The SMILES string of the molecule is Cc1ccc(NC(=O)CSc2nc(-c3cccs3)nc3cc(=O)[nH]n23)cc1. The predicted octanol–water partition coefficient (Wildman–Crippen LogP) is 3.19. The molecule has 0 aliphatic heterocycles. The van der Waals surface area contributed by atoms with Gasteiger partial charge >= 0.3 is 0 Å². The van der Waals surface area contributed by atoms with Gasteiger partial charge in [0, 0.05) is 11.8 Å². The summed E-state index contributed by atoms with van der Waals surface area (Å²) in [4.78, 5) is 33.8. The molecule has 0 aliphatic rings. The summed E-state index contributed by atoms with van der Waals surface area (Å²) in [5.41, 5.74) is 2.08. The largest absolute Gasteiger partial charge is 0.325 e. The Morgan fingerprint density at radius 1 is 1.26 bits per heavy atom. The van der Waals surface area contributed by atoms with Crippen molar-refractivity contribution in [3.63, 3.8) is 0 Å². The average Bonchev–Trinajstić information content (AvgIpc) is 3.30. The number of thioether (sulfide) groups is 1. The molecule has 0 fully saturated rings. The van der Waals surface area contributed by atoms with Crippen molar-refractivity contribution >= 4 is 40.3 Å². The number of thiophene rings is 1. The molecule has 4 rings (SSSR count). The minimum Gasteiger partial charge on any atom is -0.325 e. The van der Waals surface area contributed by atoms with E-state index in [-0.39, 0.29) is 17.2 Å². The van der Waals surface area contributed by atoms with Gasteiger partial charge < -0.3 is 5.32 Å².